The fourth-order valence-corrected chi connectivity index (χ4v) is 6.87. The fourth-order valence-electron chi connectivity index (χ4n) is 6.87. The van der Waals surface area contributed by atoms with Crippen molar-refractivity contribution in [3.05, 3.63) is 132 Å². The van der Waals surface area contributed by atoms with Crippen molar-refractivity contribution in [2.24, 2.45) is 17.3 Å². The summed E-state index contributed by atoms with van der Waals surface area (Å²) in [7, 11) is 0. The first-order valence-corrected chi connectivity index (χ1v) is 13.4. The van der Waals surface area contributed by atoms with Crippen LogP contribution in [0.5, 0.6) is 0 Å². The maximum absolute atomic E-state index is 9.17. The van der Waals surface area contributed by atoms with Crippen molar-refractivity contribution in [3.8, 4) is 17.2 Å². The molecule has 184 valence electrons. The summed E-state index contributed by atoms with van der Waals surface area (Å²) in [4.78, 5) is 2.68. The molecule has 4 aliphatic rings. The molecule has 1 heterocycles. The lowest BCUT2D eigenvalue weighted by atomic mass is 9.58. The molecule has 3 aliphatic carbocycles. The first kappa shape index (κ1) is 23.6. The van der Waals surface area contributed by atoms with Gasteiger partial charge in [0.1, 0.15) is 0 Å². The third-order valence-corrected chi connectivity index (χ3v) is 9.04. The molecule has 0 spiro atoms. The Morgan fingerprint density at radius 1 is 0.811 bits per heavy atom. The molecule has 0 N–H and O–H groups in total. The highest BCUT2D eigenvalue weighted by molar-refractivity contribution is 5.66. The molecule has 2 aromatic carbocycles. The highest BCUT2D eigenvalue weighted by Crippen LogP contribution is 2.52. The SMILES string of the molecule is CC1(c2cccc(-c3ccc(C#N)cc3)c2)C=C(N2C3C=CC=CC3C(C)(C)C3C=CC=CC32)C=CC1. The predicted molar refractivity (Wildman–Crippen MR) is 153 cm³/mol. The minimum absolute atomic E-state index is 0.104. The molecule has 2 heteroatoms. The lowest BCUT2D eigenvalue weighted by Crippen LogP contribution is -2.60. The summed E-state index contributed by atoms with van der Waals surface area (Å²) in [5.74, 6) is 0.911. The minimum atomic E-state index is -0.104. The average Bonchev–Trinajstić information content (AvgIpc) is 2.94. The number of likely N-dealkylation sites (tertiary alicyclic amines) is 1. The van der Waals surface area contributed by atoms with Crippen LogP contribution in [-0.4, -0.2) is 17.0 Å². The number of nitrogens with zero attached hydrogens (tertiary/aromatic N) is 2. The van der Waals surface area contributed by atoms with Crippen LogP contribution in [0.2, 0.25) is 0 Å². The Morgan fingerprint density at radius 3 is 2.11 bits per heavy atom. The standard InChI is InChI=1S/C35H34N2/c1-34(2)30-13-4-6-15-32(30)37(33-16-7-5-14-31(33)34)29-12-9-21-35(3,23-29)28-11-8-10-27(22-28)26-19-17-25(24-36)18-20-26/h4-20,22-23,30-33H,21H2,1-3H3. The van der Waals surface area contributed by atoms with E-state index >= 15 is 0 Å². The summed E-state index contributed by atoms with van der Waals surface area (Å²) in [5.41, 5.74) is 5.73. The molecule has 5 atom stereocenters. The number of benzene rings is 2. The number of piperidine rings is 1. The Labute approximate surface area is 221 Å². The van der Waals surface area contributed by atoms with Crippen LogP contribution in [0.1, 0.15) is 38.3 Å². The Morgan fingerprint density at radius 2 is 1.46 bits per heavy atom. The molecule has 37 heavy (non-hydrogen) atoms. The zero-order valence-corrected chi connectivity index (χ0v) is 21.9. The van der Waals surface area contributed by atoms with Gasteiger partial charge in [0, 0.05) is 22.9 Å². The number of nitriles is 1. The number of allylic oxidation sites excluding steroid dienone is 7. The summed E-state index contributed by atoms with van der Waals surface area (Å²) >= 11 is 0. The summed E-state index contributed by atoms with van der Waals surface area (Å²) in [6.07, 6.45) is 26.7. The van der Waals surface area contributed by atoms with Gasteiger partial charge in [-0.25, -0.2) is 0 Å². The van der Waals surface area contributed by atoms with E-state index in [1.54, 1.807) is 0 Å². The number of hydrogen-bond acceptors (Lipinski definition) is 2. The third kappa shape index (κ3) is 3.94. The largest absolute Gasteiger partial charge is 0.358 e. The van der Waals surface area contributed by atoms with Crippen LogP contribution in [0.3, 0.4) is 0 Å². The molecule has 1 fully saturated rings. The third-order valence-electron chi connectivity index (χ3n) is 9.04. The predicted octanol–water partition coefficient (Wildman–Crippen LogP) is 7.89. The molecular weight excluding hydrogens is 448 g/mol. The lowest BCUT2D eigenvalue weighted by molar-refractivity contribution is 0.00184. The van der Waals surface area contributed by atoms with Gasteiger partial charge in [-0.3, -0.25) is 0 Å². The number of rotatable bonds is 3. The van der Waals surface area contributed by atoms with E-state index in [4.69, 9.17) is 0 Å². The number of fused-ring (bicyclic) bond motifs is 2. The van der Waals surface area contributed by atoms with Crippen molar-refractivity contribution in [2.75, 3.05) is 0 Å². The molecule has 6 rings (SSSR count). The Hall–Kier alpha value is -3.83. The zero-order valence-electron chi connectivity index (χ0n) is 21.9. The second kappa shape index (κ2) is 8.93. The van der Waals surface area contributed by atoms with Gasteiger partial charge in [0.05, 0.1) is 23.7 Å². The molecule has 0 bridgehead atoms. The quantitative estimate of drug-likeness (QED) is 0.445. The zero-order chi connectivity index (χ0) is 25.6. The van der Waals surface area contributed by atoms with Gasteiger partial charge in [0.2, 0.25) is 0 Å². The van der Waals surface area contributed by atoms with E-state index in [9.17, 15) is 5.26 Å². The topological polar surface area (TPSA) is 27.0 Å². The molecule has 0 saturated carbocycles. The van der Waals surface area contributed by atoms with Crippen molar-refractivity contribution >= 4 is 0 Å². The maximum Gasteiger partial charge on any atom is 0.0991 e. The van der Waals surface area contributed by atoms with Crippen LogP contribution in [0.25, 0.3) is 11.1 Å². The van der Waals surface area contributed by atoms with Gasteiger partial charge in [-0.2, -0.15) is 5.26 Å². The van der Waals surface area contributed by atoms with Gasteiger partial charge in [-0.1, -0.05) is 118 Å². The van der Waals surface area contributed by atoms with E-state index in [0.717, 1.165) is 12.0 Å². The van der Waals surface area contributed by atoms with Gasteiger partial charge < -0.3 is 4.90 Å². The maximum atomic E-state index is 9.17. The first-order valence-electron chi connectivity index (χ1n) is 13.4. The highest BCUT2D eigenvalue weighted by Gasteiger charge is 2.51. The van der Waals surface area contributed by atoms with Crippen molar-refractivity contribution in [2.45, 2.75) is 44.7 Å². The molecule has 2 nitrogen and oxygen atoms in total. The van der Waals surface area contributed by atoms with Crippen LogP contribution >= 0.6 is 0 Å². The van der Waals surface area contributed by atoms with Crippen LogP contribution in [0.15, 0.2) is 121 Å². The monoisotopic (exact) mass is 482 g/mol. The van der Waals surface area contributed by atoms with E-state index in [1.165, 1.54) is 16.8 Å². The summed E-state index contributed by atoms with van der Waals surface area (Å²) in [6.45, 7) is 7.25. The van der Waals surface area contributed by atoms with Crippen molar-refractivity contribution in [1.82, 2.24) is 4.90 Å². The van der Waals surface area contributed by atoms with Gasteiger partial charge in [0.15, 0.2) is 0 Å². The molecular formula is C35H34N2. The van der Waals surface area contributed by atoms with E-state index in [0.29, 0.717) is 29.5 Å². The van der Waals surface area contributed by atoms with Crippen LogP contribution < -0.4 is 0 Å². The smallest absolute Gasteiger partial charge is 0.0991 e. The second-order valence-corrected chi connectivity index (χ2v) is 11.7. The van der Waals surface area contributed by atoms with E-state index in [1.807, 2.05) is 24.3 Å². The number of hydrogen-bond donors (Lipinski definition) is 0. The Kier molecular flexibility index (Phi) is 5.68. The van der Waals surface area contributed by atoms with Crippen LogP contribution in [0, 0.1) is 28.6 Å². The van der Waals surface area contributed by atoms with Crippen molar-refractivity contribution < 1.29 is 0 Å². The van der Waals surface area contributed by atoms with Crippen LogP contribution in [0.4, 0.5) is 0 Å². The molecule has 0 amide bonds. The summed E-state index contributed by atoms with van der Waals surface area (Å²) < 4.78 is 0. The first-order chi connectivity index (χ1) is 17.9. The second-order valence-electron chi connectivity index (χ2n) is 11.7. The van der Waals surface area contributed by atoms with Gasteiger partial charge >= 0.3 is 0 Å². The van der Waals surface area contributed by atoms with Crippen molar-refractivity contribution in [3.63, 3.8) is 0 Å². The van der Waals surface area contributed by atoms with E-state index in [2.05, 4.69) is 123 Å². The Bertz CT molecular complexity index is 1380. The average molecular weight is 483 g/mol. The van der Waals surface area contributed by atoms with Crippen molar-refractivity contribution in [1.29, 1.82) is 5.26 Å². The molecule has 5 unspecified atom stereocenters. The van der Waals surface area contributed by atoms with Gasteiger partial charge in [-0.15, -0.1) is 0 Å². The minimum Gasteiger partial charge on any atom is -0.358 e. The van der Waals surface area contributed by atoms with Gasteiger partial charge in [0.25, 0.3) is 0 Å². The van der Waals surface area contributed by atoms with E-state index < -0.39 is 0 Å². The molecule has 1 saturated heterocycles. The summed E-state index contributed by atoms with van der Waals surface area (Å²) in [5, 5.41) is 9.17. The lowest BCUT2D eigenvalue weighted by Gasteiger charge is -2.58. The molecule has 2 aromatic rings. The van der Waals surface area contributed by atoms with Crippen LogP contribution in [-0.2, 0) is 5.41 Å². The van der Waals surface area contributed by atoms with Gasteiger partial charge in [-0.05, 0) is 46.7 Å². The highest BCUT2D eigenvalue weighted by atomic mass is 15.2. The molecule has 1 aliphatic heterocycles. The normalized spacial score (nSPS) is 30.9. The fraction of sp³-hybridized carbons (Fsp3) is 0.286. The van der Waals surface area contributed by atoms with E-state index in [-0.39, 0.29) is 10.8 Å². The summed E-state index contributed by atoms with van der Waals surface area (Å²) in [6, 6.07) is 19.7. The molecule has 0 radical (unpaired) electrons. The molecule has 0 aromatic heterocycles. The Balaban J connectivity index is 1.39.